The SMILES string of the molecule is CCn1cc(C=NNC(=O)c2sc3ccccc3c2Cl)c(C)n1. The molecule has 3 rings (SSSR count). The van der Waals surface area contributed by atoms with Crippen LogP contribution in [-0.2, 0) is 6.54 Å². The van der Waals surface area contributed by atoms with Crippen LogP contribution < -0.4 is 5.43 Å². The molecule has 118 valence electrons. The third-order valence-electron chi connectivity index (χ3n) is 3.42. The van der Waals surface area contributed by atoms with E-state index in [1.807, 2.05) is 49.0 Å². The lowest BCUT2D eigenvalue weighted by molar-refractivity contribution is 0.0959. The number of carbonyl (C=O) groups is 1. The highest BCUT2D eigenvalue weighted by atomic mass is 35.5. The van der Waals surface area contributed by atoms with Gasteiger partial charge in [-0.2, -0.15) is 10.2 Å². The molecule has 0 fully saturated rings. The molecule has 5 nitrogen and oxygen atoms in total. The van der Waals surface area contributed by atoms with Crippen LogP contribution in [0.5, 0.6) is 0 Å². The highest BCUT2D eigenvalue weighted by Gasteiger charge is 2.16. The van der Waals surface area contributed by atoms with Crippen molar-refractivity contribution in [1.29, 1.82) is 0 Å². The Morgan fingerprint density at radius 2 is 2.26 bits per heavy atom. The van der Waals surface area contributed by atoms with E-state index in [0.29, 0.717) is 9.90 Å². The fraction of sp³-hybridized carbons (Fsp3) is 0.188. The second kappa shape index (κ2) is 6.52. The lowest BCUT2D eigenvalue weighted by atomic mass is 10.2. The summed E-state index contributed by atoms with van der Waals surface area (Å²) in [4.78, 5) is 12.7. The van der Waals surface area contributed by atoms with Crippen molar-refractivity contribution in [3.05, 3.63) is 51.6 Å². The molecule has 2 aromatic heterocycles. The van der Waals surface area contributed by atoms with Gasteiger partial charge in [0.15, 0.2) is 0 Å². The first kappa shape index (κ1) is 15.7. The van der Waals surface area contributed by atoms with Gasteiger partial charge in [-0.15, -0.1) is 11.3 Å². The number of aryl methyl sites for hydroxylation is 2. The zero-order chi connectivity index (χ0) is 16.4. The maximum atomic E-state index is 12.3. The molecule has 0 bridgehead atoms. The summed E-state index contributed by atoms with van der Waals surface area (Å²) >= 11 is 7.63. The molecule has 2 heterocycles. The van der Waals surface area contributed by atoms with Crippen molar-refractivity contribution in [2.45, 2.75) is 20.4 Å². The standard InChI is InChI=1S/C16H15ClN4OS/c1-3-21-9-11(10(2)20-21)8-18-19-16(22)15-14(17)12-6-4-5-7-13(12)23-15/h4-9H,3H2,1-2H3,(H,19,22). The first-order chi connectivity index (χ1) is 11.1. The number of hydrogen-bond acceptors (Lipinski definition) is 4. The Hall–Kier alpha value is -2.18. The number of thiophene rings is 1. The molecule has 7 heteroatoms. The Morgan fingerprint density at radius 1 is 1.48 bits per heavy atom. The number of amides is 1. The molecule has 0 atom stereocenters. The number of hydrogen-bond donors (Lipinski definition) is 1. The number of fused-ring (bicyclic) bond motifs is 1. The van der Waals surface area contributed by atoms with Crippen LogP contribution in [0.25, 0.3) is 10.1 Å². The second-order valence-electron chi connectivity index (χ2n) is 4.97. The Bertz CT molecular complexity index is 897. The van der Waals surface area contributed by atoms with Crippen molar-refractivity contribution >= 4 is 45.1 Å². The second-order valence-corrected chi connectivity index (χ2v) is 6.40. The van der Waals surface area contributed by atoms with Crippen LogP contribution in [-0.4, -0.2) is 21.9 Å². The maximum absolute atomic E-state index is 12.3. The first-order valence-corrected chi connectivity index (χ1v) is 8.34. The van der Waals surface area contributed by atoms with Gasteiger partial charge < -0.3 is 0 Å². The lowest BCUT2D eigenvalue weighted by Gasteiger charge is -1.96. The minimum absolute atomic E-state index is 0.312. The summed E-state index contributed by atoms with van der Waals surface area (Å²) in [5.74, 6) is -0.312. The van der Waals surface area contributed by atoms with Gasteiger partial charge in [-0.05, 0) is 19.9 Å². The zero-order valence-corrected chi connectivity index (χ0v) is 14.3. The molecule has 0 radical (unpaired) electrons. The number of carbonyl (C=O) groups excluding carboxylic acids is 1. The van der Waals surface area contributed by atoms with Crippen molar-refractivity contribution in [2.24, 2.45) is 5.10 Å². The van der Waals surface area contributed by atoms with Crippen molar-refractivity contribution in [2.75, 3.05) is 0 Å². The van der Waals surface area contributed by atoms with Gasteiger partial charge in [-0.25, -0.2) is 5.43 Å². The predicted octanol–water partition coefficient (Wildman–Crippen LogP) is 3.84. The average molecular weight is 347 g/mol. The summed E-state index contributed by atoms with van der Waals surface area (Å²) in [7, 11) is 0. The molecular weight excluding hydrogens is 332 g/mol. The Morgan fingerprint density at radius 3 is 2.96 bits per heavy atom. The third-order valence-corrected chi connectivity index (χ3v) is 5.09. The van der Waals surface area contributed by atoms with Crippen molar-refractivity contribution in [3.8, 4) is 0 Å². The van der Waals surface area contributed by atoms with Crippen LogP contribution in [0.3, 0.4) is 0 Å². The van der Waals surface area contributed by atoms with E-state index in [4.69, 9.17) is 11.6 Å². The molecule has 3 aromatic rings. The van der Waals surface area contributed by atoms with E-state index in [0.717, 1.165) is 27.9 Å². The Labute approximate surface area is 142 Å². The molecule has 0 aliphatic heterocycles. The van der Waals surface area contributed by atoms with Crippen LogP contribution >= 0.6 is 22.9 Å². The third kappa shape index (κ3) is 3.13. The molecule has 0 saturated carbocycles. The summed E-state index contributed by atoms with van der Waals surface area (Å²) in [6.07, 6.45) is 3.48. The van der Waals surface area contributed by atoms with Crippen LogP contribution in [0, 0.1) is 6.92 Å². The molecule has 0 unspecified atom stereocenters. The topological polar surface area (TPSA) is 59.3 Å². The number of halogens is 1. The number of rotatable bonds is 4. The summed E-state index contributed by atoms with van der Waals surface area (Å²) in [5.41, 5.74) is 4.26. The first-order valence-electron chi connectivity index (χ1n) is 7.14. The monoisotopic (exact) mass is 346 g/mol. The number of benzene rings is 1. The maximum Gasteiger partial charge on any atom is 0.283 e. The summed E-state index contributed by atoms with van der Waals surface area (Å²) in [5, 5.41) is 9.68. The normalized spacial score (nSPS) is 11.4. The van der Waals surface area contributed by atoms with Crippen LogP contribution in [0.1, 0.15) is 27.9 Å². The molecule has 0 spiro atoms. The minimum Gasteiger partial charge on any atom is -0.272 e. The fourth-order valence-electron chi connectivity index (χ4n) is 2.19. The van der Waals surface area contributed by atoms with Gasteiger partial charge in [0, 0.05) is 28.4 Å². The molecule has 0 aliphatic carbocycles. The van der Waals surface area contributed by atoms with Gasteiger partial charge in [0.2, 0.25) is 0 Å². The molecule has 1 aromatic carbocycles. The van der Waals surface area contributed by atoms with E-state index < -0.39 is 0 Å². The largest absolute Gasteiger partial charge is 0.283 e. The van der Waals surface area contributed by atoms with Crippen molar-refractivity contribution in [1.82, 2.24) is 15.2 Å². The Balaban J connectivity index is 1.77. The summed E-state index contributed by atoms with van der Waals surface area (Å²) in [6, 6.07) is 7.66. The van der Waals surface area contributed by atoms with Crippen LogP contribution in [0.4, 0.5) is 0 Å². The van der Waals surface area contributed by atoms with E-state index in [1.54, 1.807) is 6.21 Å². The average Bonchev–Trinajstić information content (AvgIpc) is 3.08. The van der Waals surface area contributed by atoms with Crippen molar-refractivity contribution < 1.29 is 4.79 Å². The summed E-state index contributed by atoms with van der Waals surface area (Å²) in [6.45, 7) is 4.70. The van der Waals surface area contributed by atoms with Crippen molar-refractivity contribution in [3.63, 3.8) is 0 Å². The smallest absolute Gasteiger partial charge is 0.272 e. The molecule has 1 amide bonds. The van der Waals surface area contributed by atoms with Gasteiger partial charge >= 0.3 is 0 Å². The van der Waals surface area contributed by atoms with Gasteiger partial charge in [-0.1, -0.05) is 29.8 Å². The number of hydrazone groups is 1. The van der Waals surface area contributed by atoms with E-state index in [9.17, 15) is 4.79 Å². The highest BCUT2D eigenvalue weighted by Crippen LogP contribution is 2.34. The van der Waals surface area contributed by atoms with Gasteiger partial charge in [-0.3, -0.25) is 9.48 Å². The molecule has 0 saturated heterocycles. The highest BCUT2D eigenvalue weighted by molar-refractivity contribution is 7.21. The Kier molecular flexibility index (Phi) is 4.45. The number of nitrogens with zero attached hydrogens (tertiary/aromatic N) is 3. The summed E-state index contributed by atoms with van der Waals surface area (Å²) < 4.78 is 2.80. The van der Waals surface area contributed by atoms with Gasteiger partial charge in [0.05, 0.1) is 16.9 Å². The minimum atomic E-state index is -0.312. The van der Waals surface area contributed by atoms with E-state index in [1.165, 1.54) is 11.3 Å². The van der Waals surface area contributed by atoms with E-state index in [2.05, 4.69) is 15.6 Å². The molecule has 1 N–H and O–H groups in total. The van der Waals surface area contributed by atoms with Gasteiger partial charge in [0.25, 0.3) is 5.91 Å². The van der Waals surface area contributed by atoms with Crippen LogP contribution in [0.2, 0.25) is 5.02 Å². The van der Waals surface area contributed by atoms with E-state index in [-0.39, 0.29) is 5.91 Å². The lowest BCUT2D eigenvalue weighted by Crippen LogP contribution is -2.16. The van der Waals surface area contributed by atoms with Gasteiger partial charge in [0.1, 0.15) is 4.88 Å². The molecule has 23 heavy (non-hydrogen) atoms. The fourth-order valence-corrected chi connectivity index (χ4v) is 3.60. The molecule has 0 aliphatic rings. The quantitative estimate of drug-likeness (QED) is 0.576. The predicted molar refractivity (Wildman–Crippen MR) is 94.5 cm³/mol. The zero-order valence-electron chi connectivity index (χ0n) is 12.7. The number of aromatic nitrogens is 2. The number of nitrogens with one attached hydrogen (secondary N) is 1. The molecular formula is C16H15ClN4OS. The van der Waals surface area contributed by atoms with Crippen LogP contribution in [0.15, 0.2) is 35.6 Å². The van der Waals surface area contributed by atoms with E-state index >= 15 is 0 Å².